The average molecular weight is 366 g/mol. The number of hydrogen-bond acceptors (Lipinski definition) is 4. The number of hydrogen-bond donors (Lipinski definition) is 3. The molecule has 0 spiro atoms. The highest BCUT2D eigenvalue weighted by Gasteiger charge is 2.24. The lowest BCUT2D eigenvalue weighted by Crippen LogP contribution is -2.45. The maximum absolute atomic E-state index is 12.5. The van der Waals surface area contributed by atoms with Crippen molar-refractivity contribution in [1.29, 1.82) is 0 Å². The smallest absolute Gasteiger partial charge is 0.326 e. The van der Waals surface area contributed by atoms with Crippen molar-refractivity contribution in [2.24, 2.45) is 5.73 Å². The molecule has 0 saturated carbocycles. The summed E-state index contributed by atoms with van der Waals surface area (Å²) in [5.41, 5.74) is 7.53. The summed E-state index contributed by atoms with van der Waals surface area (Å²) in [5, 5.41) is 2.68. The predicted octanol–water partition coefficient (Wildman–Crippen LogP) is 1.84. The molecule has 0 radical (unpaired) electrons. The number of nitrogens with zero attached hydrogens (tertiary/aromatic N) is 1. The van der Waals surface area contributed by atoms with Gasteiger partial charge in [0.05, 0.1) is 4.90 Å². The molecule has 0 bridgehead atoms. The molecule has 1 aliphatic heterocycles. The third-order valence-corrected chi connectivity index (χ3v) is 5.58. The van der Waals surface area contributed by atoms with Crippen molar-refractivity contribution in [3.63, 3.8) is 0 Å². The van der Waals surface area contributed by atoms with Crippen LogP contribution in [0.2, 0.25) is 0 Å². The van der Waals surface area contributed by atoms with Crippen molar-refractivity contribution in [1.82, 2.24) is 10.0 Å². The van der Waals surface area contributed by atoms with Crippen LogP contribution in [0, 0.1) is 6.92 Å². The number of rotatable bonds is 8. The molecule has 1 fully saturated rings. The van der Waals surface area contributed by atoms with Crippen LogP contribution in [0.1, 0.15) is 31.2 Å². The molecule has 1 aromatic carbocycles. The lowest BCUT2D eigenvalue weighted by molar-refractivity contribution is 0.246. The van der Waals surface area contributed by atoms with Gasteiger partial charge in [-0.1, -0.05) is 19.1 Å². The van der Waals surface area contributed by atoms with Crippen molar-refractivity contribution in [2.45, 2.75) is 37.5 Å². The number of benzene rings is 1. The normalized spacial score (nSPS) is 15.4. The number of carbonyl (C=O) groups excluding carboxylic acids is 1. The van der Waals surface area contributed by atoms with Gasteiger partial charge in [-0.15, -0.1) is 0 Å². The first kappa shape index (κ1) is 19.4. The number of nitrogens with two attached hydrogens (primary N) is 1. The minimum atomic E-state index is -3.61. The molecule has 2 amide bonds. The summed E-state index contributed by atoms with van der Waals surface area (Å²) in [7, 11) is -3.61. The van der Waals surface area contributed by atoms with Gasteiger partial charge in [0.25, 0.3) is 0 Å². The van der Waals surface area contributed by atoms with E-state index in [1.54, 1.807) is 23.1 Å². The van der Waals surface area contributed by atoms with E-state index < -0.39 is 10.0 Å². The van der Waals surface area contributed by atoms with Gasteiger partial charge in [0, 0.05) is 30.9 Å². The molecule has 1 saturated heterocycles. The maximum atomic E-state index is 12.5. The Labute approximate surface area is 149 Å². The number of anilines is 1. The fourth-order valence-electron chi connectivity index (χ4n) is 2.64. The summed E-state index contributed by atoms with van der Waals surface area (Å²) >= 11 is 0. The summed E-state index contributed by atoms with van der Waals surface area (Å²) in [5.74, 6) is 0. The van der Waals surface area contributed by atoms with E-state index in [2.05, 4.69) is 16.6 Å². The van der Waals surface area contributed by atoms with Gasteiger partial charge in [-0.05, 0) is 44.0 Å². The molecular formula is C17H26N4O3S. The summed E-state index contributed by atoms with van der Waals surface area (Å²) < 4.78 is 27.6. The Bertz CT molecular complexity index is 746. The quantitative estimate of drug-likeness (QED) is 0.611. The second kappa shape index (κ2) is 8.46. The zero-order valence-electron chi connectivity index (χ0n) is 14.5. The number of aryl methyl sites for hydroxylation is 1. The van der Waals surface area contributed by atoms with Crippen molar-refractivity contribution in [3.05, 3.63) is 36.0 Å². The molecule has 0 unspecified atom stereocenters. The fraction of sp³-hybridized carbons (Fsp3) is 0.471. The second-order valence-electron chi connectivity index (χ2n) is 6.13. The number of unbranched alkanes of at least 4 members (excludes halogenated alkanes) is 2. The Balaban J connectivity index is 2.14. The summed E-state index contributed by atoms with van der Waals surface area (Å²) in [4.78, 5) is 13.9. The molecule has 0 aromatic heterocycles. The van der Waals surface area contributed by atoms with Crippen LogP contribution in [0.15, 0.2) is 35.4 Å². The van der Waals surface area contributed by atoms with Crippen molar-refractivity contribution < 1.29 is 13.2 Å². The number of nitrogens with one attached hydrogen (secondary N) is 2. The number of amides is 2. The van der Waals surface area contributed by atoms with E-state index >= 15 is 0 Å². The fourth-order valence-corrected chi connectivity index (χ4v) is 3.74. The molecule has 0 atom stereocenters. The topological polar surface area (TPSA) is 105 Å². The van der Waals surface area contributed by atoms with Crippen LogP contribution < -0.4 is 20.7 Å². The SMILES string of the molecule is C=C1CCN(c2cc(S(=O)(=O)NCCCCCN)ccc2C)C(=O)N1. The summed E-state index contributed by atoms with van der Waals surface area (Å²) in [6.45, 7) is 7.06. The van der Waals surface area contributed by atoms with E-state index in [0.717, 1.165) is 24.8 Å². The standard InChI is InChI=1S/C17H26N4O3S/c1-13-6-7-15(25(23,24)19-10-5-3-4-9-18)12-16(13)21-11-8-14(2)20-17(21)22/h6-7,12,19H,2-5,8-11,18H2,1H3,(H,20,22). The first-order valence-corrected chi connectivity index (χ1v) is 9.90. The largest absolute Gasteiger partial charge is 0.330 e. The van der Waals surface area contributed by atoms with Crippen LogP contribution in [-0.2, 0) is 10.0 Å². The van der Waals surface area contributed by atoms with E-state index in [9.17, 15) is 13.2 Å². The van der Waals surface area contributed by atoms with Gasteiger partial charge in [0.1, 0.15) is 0 Å². The molecular weight excluding hydrogens is 340 g/mol. The van der Waals surface area contributed by atoms with E-state index in [4.69, 9.17) is 5.73 Å². The highest BCUT2D eigenvalue weighted by atomic mass is 32.2. The van der Waals surface area contributed by atoms with Crippen LogP contribution >= 0.6 is 0 Å². The molecule has 0 aliphatic carbocycles. The van der Waals surface area contributed by atoms with Crippen LogP contribution in [0.4, 0.5) is 10.5 Å². The lowest BCUT2D eigenvalue weighted by Gasteiger charge is -2.30. The van der Waals surface area contributed by atoms with Gasteiger partial charge in [0.2, 0.25) is 10.0 Å². The van der Waals surface area contributed by atoms with Crippen LogP contribution in [-0.4, -0.2) is 34.1 Å². The number of carbonyl (C=O) groups is 1. The van der Waals surface area contributed by atoms with Gasteiger partial charge in [0.15, 0.2) is 0 Å². The molecule has 1 aromatic rings. The minimum Gasteiger partial charge on any atom is -0.330 e. The van der Waals surface area contributed by atoms with Crippen LogP contribution in [0.5, 0.6) is 0 Å². The molecule has 7 nitrogen and oxygen atoms in total. The second-order valence-corrected chi connectivity index (χ2v) is 7.90. The Hall–Kier alpha value is -1.90. The molecule has 138 valence electrons. The van der Waals surface area contributed by atoms with E-state index in [1.807, 2.05) is 6.92 Å². The summed E-state index contributed by atoms with van der Waals surface area (Å²) in [6.07, 6.45) is 3.13. The first-order valence-electron chi connectivity index (χ1n) is 8.42. The minimum absolute atomic E-state index is 0.157. The Kier molecular flexibility index (Phi) is 6.57. The third-order valence-electron chi connectivity index (χ3n) is 4.12. The molecule has 25 heavy (non-hydrogen) atoms. The van der Waals surface area contributed by atoms with E-state index in [0.29, 0.717) is 37.4 Å². The van der Waals surface area contributed by atoms with Crippen LogP contribution in [0.25, 0.3) is 0 Å². The zero-order valence-corrected chi connectivity index (χ0v) is 15.4. The molecule has 4 N–H and O–H groups in total. The maximum Gasteiger partial charge on any atom is 0.326 e. The molecule has 2 rings (SSSR count). The highest BCUT2D eigenvalue weighted by Crippen LogP contribution is 2.26. The van der Waals surface area contributed by atoms with E-state index in [-0.39, 0.29) is 10.9 Å². The molecule has 8 heteroatoms. The van der Waals surface area contributed by atoms with Crippen LogP contribution in [0.3, 0.4) is 0 Å². The van der Waals surface area contributed by atoms with Crippen molar-refractivity contribution in [2.75, 3.05) is 24.5 Å². The van der Waals surface area contributed by atoms with Gasteiger partial charge >= 0.3 is 6.03 Å². The molecule has 1 heterocycles. The number of sulfonamides is 1. The average Bonchev–Trinajstić information content (AvgIpc) is 2.55. The third kappa shape index (κ3) is 5.04. The van der Waals surface area contributed by atoms with E-state index in [1.165, 1.54) is 0 Å². The van der Waals surface area contributed by atoms with Crippen molar-refractivity contribution in [3.8, 4) is 0 Å². The highest BCUT2D eigenvalue weighted by molar-refractivity contribution is 7.89. The van der Waals surface area contributed by atoms with Crippen molar-refractivity contribution >= 4 is 21.7 Å². The Morgan fingerprint density at radius 3 is 2.76 bits per heavy atom. The zero-order chi connectivity index (χ0) is 18.4. The predicted molar refractivity (Wildman–Crippen MR) is 98.9 cm³/mol. The van der Waals surface area contributed by atoms with Gasteiger partial charge in [-0.25, -0.2) is 17.9 Å². The number of urea groups is 1. The summed E-state index contributed by atoms with van der Waals surface area (Å²) in [6, 6.07) is 4.53. The molecule has 1 aliphatic rings. The Morgan fingerprint density at radius 2 is 2.08 bits per heavy atom. The van der Waals surface area contributed by atoms with Gasteiger partial charge in [-0.2, -0.15) is 0 Å². The lowest BCUT2D eigenvalue weighted by atomic mass is 10.1. The monoisotopic (exact) mass is 366 g/mol. The first-order chi connectivity index (χ1) is 11.8. The van der Waals surface area contributed by atoms with Gasteiger partial charge in [-0.3, -0.25) is 4.90 Å². The van der Waals surface area contributed by atoms with Gasteiger partial charge < -0.3 is 11.1 Å². The Morgan fingerprint density at radius 1 is 1.32 bits per heavy atom.